The van der Waals surface area contributed by atoms with Crippen molar-refractivity contribution in [3.63, 3.8) is 0 Å². The van der Waals surface area contributed by atoms with E-state index in [1.165, 1.54) is 4.90 Å². The molecule has 1 aliphatic heterocycles. The third-order valence-corrected chi connectivity index (χ3v) is 4.97. The molecule has 3 rings (SSSR count). The molecule has 0 radical (unpaired) electrons. The number of amides is 2. The summed E-state index contributed by atoms with van der Waals surface area (Å²) in [5.41, 5.74) is 0.160. The van der Waals surface area contributed by atoms with Gasteiger partial charge in [0.25, 0.3) is 5.91 Å². The van der Waals surface area contributed by atoms with Crippen LogP contribution in [0.2, 0.25) is 5.02 Å². The maximum absolute atomic E-state index is 12.9. The number of halogens is 4. The van der Waals surface area contributed by atoms with Gasteiger partial charge in [-0.25, -0.2) is 0 Å². The monoisotopic (exact) mass is 440 g/mol. The molecule has 0 saturated heterocycles. The van der Waals surface area contributed by atoms with Gasteiger partial charge in [0.05, 0.1) is 22.0 Å². The van der Waals surface area contributed by atoms with Crippen LogP contribution in [0.1, 0.15) is 31.9 Å². The van der Waals surface area contributed by atoms with Crippen LogP contribution < -0.4 is 15.0 Å². The van der Waals surface area contributed by atoms with Gasteiger partial charge in [0.15, 0.2) is 6.61 Å². The molecule has 0 saturated carbocycles. The summed E-state index contributed by atoms with van der Waals surface area (Å²) in [7, 11) is 0. The molecule has 1 heterocycles. The van der Waals surface area contributed by atoms with Crippen molar-refractivity contribution in [3.8, 4) is 5.75 Å². The molecule has 2 aromatic carbocycles. The van der Waals surface area contributed by atoms with Crippen LogP contribution in [-0.4, -0.2) is 25.0 Å². The highest BCUT2D eigenvalue weighted by Gasteiger charge is 2.32. The van der Waals surface area contributed by atoms with Gasteiger partial charge in [0.2, 0.25) is 5.91 Å². The van der Waals surface area contributed by atoms with Crippen molar-refractivity contribution < 1.29 is 27.5 Å². The quantitative estimate of drug-likeness (QED) is 0.729. The number of carbonyl (C=O) groups excluding carboxylic acids is 2. The molecule has 5 nitrogen and oxygen atoms in total. The number of hydrogen-bond acceptors (Lipinski definition) is 3. The Balaban J connectivity index is 1.82. The van der Waals surface area contributed by atoms with Crippen molar-refractivity contribution in [1.82, 2.24) is 0 Å². The fourth-order valence-corrected chi connectivity index (χ4v) is 3.14. The van der Waals surface area contributed by atoms with E-state index in [9.17, 15) is 22.8 Å². The summed E-state index contributed by atoms with van der Waals surface area (Å²) >= 11 is 5.92. The van der Waals surface area contributed by atoms with Crippen molar-refractivity contribution in [2.75, 3.05) is 23.4 Å². The van der Waals surface area contributed by atoms with Crippen molar-refractivity contribution in [2.45, 2.75) is 32.4 Å². The second-order valence-corrected chi connectivity index (χ2v) is 8.35. The number of hydrogen-bond donors (Lipinski definition) is 1. The molecule has 0 aromatic heterocycles. The molecule has 0 fully saturated rings. The molecule has 0 bridgehead atoms. The summed E-state index contributed by atoms with van der Waals surface area (Å²) in [6, 6.07) is 7.99. The standard InChI is InChI=1S/C21H20ClF3N2O3/c1-20(2,3)12-5-7-16-17(9-12)30-11-19(29)27(16)10-18(28)26-15-8-13(21(23,24)25)4-6-14(15)22/h4-9H,10-11H2,1-3H3,(H,26,28). The van der Waals surface area contributed by atoms with Crippen LogP contribution in [0.4, 0.5) is 24.5 Å². The highest BCUT2D eigenvalue weighted by Crippen LogP contribution is 2.37. The molecule has 9 heteroatoms. The lowest BCUT2D eigenvalue weighted by Crippen LogP contribution is -2.43. The number of nitrogens with one attached hydrogen (secondary N) is 1. The molecular weight excluding hydrogens is 421 g/mol. The maximum Gasteiger partial charge on any atom is 0.416 e. The SMILES string of the molecule is CC(C)(C)c1ccc2c(c1)OCC(=O)N2CC(=O)Nc1cc(C(F)(F)F)ccc1Cl. The topological polar surface area (TPSA) is 58.6 Å². The lowest BCUT2D eigenvalue weighted by Gasteiger charge is -2.30. The van der Waals surface area contributed by atoms with E-state index in [4.69, 9.17) is 16.3 Å². The first-order valence-corrected chi connectivity index (χ1v) is 9.48. The first-order valence-electron chi connectivity index (χ1n) is 9.10. The summed E-state index contributed by atoms with van der Waals surface area (Å²) in [5.74, 6) is -0.652. The Morgan fingerprint density at radius 1 is 1.13 bits per heavy atom. The lowest BCUT2D eigenvalue weighted by molar-refractivity contribution is -0.137. The van der Waals surface area contributed by atoms with Gasteiger partial charge in [-0.15, -0.1) is 0 Å². The van der Waals surface area contributed by atoms with E-state index in [1.54, 1.807) is 6.07 Å². The van der Waals surface area contributed by atoms with Crippen molar-refractivity contribution in [2.24, 2.45) is 0 Å². The highest BCUT2D eigenvalue weighted by atomic mass is 35.5. The Bertz CT molecular complexity index is 1000. The predicted molar refractivity (Wildman–Crippen MR) is 108 cm³/mol. The Labute approximate surface area is 176 Å². The normalized spacial score (nSPS) is 14.2. The number of carbonyl (C=O) groups is 2. The summed E-state index contributed by atoms with van der Waals surface area (Å²) in [5, 5.41) is 2.31. The van der Waals surface area contributed by atoms with Crippen LogP contribution in [0.15, 0.2) is 36.4 Å². The van der Waals surface area contributed by atoms with Crippen LogP contribution >= 0.6 is 11.6 Å². The number of alkyl halides is 3. The third-order valence-electron chi connectivity index (χ3n) is 4.64. The van der Waals surface area contributed by atoms with E-state index in [0.717, 1.165) is 23.8 Å². The van der Waals surface area contributed by atoms with Crippen molar-refractivity contribution >= 4 is 34.8 Å². The van der Waals surface area contributed by atoms with Gasteiger partial charge in [0, 0.05) is 0 Å². The molecule has 0 unspecified atom stereocenters. The fourth-order valence-electron chi connectivity index (χ4n) is 2.98. The minimum absolute atomic E-state index is 0.0418. The molecule has 1 aliphatic rings. The first kappa shape index (κ1) is 22.0. The molecule has 1 N–H and O–H groups in total. The van der Waals surface area contributed by atoms with E-state index in [0.29, 0.717) is 11.4 Å². The molecule has 2 amide bonds. The molecule has 160 valence electrons. The van der Waals surface area contributed by atoms with E-state index in [1.807, 2.05) is 32.9 Å². The van der Waals surface area contributed by atoms with Gasteiger partial charge in [0.1, 0.15) is 12.3 Å². The van der Waals surface area contributed by atoms with Crippen LogP contribution in [0.3, 0.4) is 0 Å². The van der Waals surface area contributed by atoms with Crippen LogP contribution in [0, 0.1) is 0 Å². The number of benzene rings is 2. The number of fused-ring (bicyclic) bond motifs is 1. The van der Waals surface area contributed by atoms with E-state index in [2.05, 4.69) is 5.32 Å². The average molecular weight is 441 g/mol. The van der Waals surface area contributed by atoms with Gasteiger partial charge in [-0.05, 0) is 41.3 Å². The highest BCUT2D eigenvalue weighted by molar-refractivity contribution is 6.33. The zero-order valence-electron chi connectivity index (χ0n) is 16.6. The third kappa shape index (κ3) is 4.70. The van der Waals surface area contributed by atoms with Crippen molar-refractivity contribution in [1.29, 1.82) is 0 Å². The fraction of sp³-hybridized carbons (Fsp3) is 0.333. The maximum atomic E-state index is 12.9. The van der Waals surface area contributed by atoms with Crippen LogP contribution in [0.25, 0.3) is 0 Å². The number of ether oxygens (including phenoxy) is 1. The molecule has 30 heavy (non-hydrogen) atoms. The Morgan fingerprint density at radius 3 is 2.43 bits per heavy atom. The van der Waals surface area contributed by atoms with Gasteiger partial charge in [-0.3, -0.25) is 14.5 Å². The molecule has 0 atom stereocenters. The van der Waals surface area contributed by atoms with Gasteiger partial charge in [-0.2, -0.15) is 13.2 Å². The summed E-state index contributed by atoms with van der Waals surface area (Å²) < 4.78 is 44.3. The lowest BCUT2D eigenvalue weighted by atomic mass is 9.86. The second kappa shape index (κ2) is 7.83. The van der Waals surface area contributed by atoms with Gasteiger partial charge < -0.3 is 10.1 Å². The second-order valence-electron chi connectivity index (χ2n) is 7.94. The molecule has 2 aromatic rings. The molecule has 0 aliphatic carbocycles. The Morgan fingerprint density at radius 2 is 1.80 bits per heavy atom. The summed E-state index contributed by atoms with van der Waals surface area (Å²) in [4.78, 5) is 26.1. The van der Waals surface area contributed by atoms with Crippen LogP contribution in [0.5, 0.6) is 5.75 Å². The summed E-state index contributed by atoms with van der Waals surface area (Å²) in [6.45, 7) is 5.47. The molecule has 0 spiro atoms. The van der Waals surface area contributed by atoms with Gasteiger partial charge in [-0.1, -0.05) is 38.4 Å². The Hall–Kier alpha value is -2.74. The van der Waals surface area contributed by atoms with Gasteiger partial charge >= 0.3 is 6.18 Å². The Kier molecular flexibility index (Phi) is 5.73. The summed E-state index contributed by atoms with van der Waals surface area (Å²) in [6.07, 6.45) is -4.58. The number of anilines is 2. The predicted octanol–water partition coefficient (Wildman–Crippen LogP) is 5.02. The molecular formula is C21H20ClF3N2O3. The average Bonchev–Trinajstić information content (AvgIpc) is 2.64. The smallest absolute Gasteiger partial charge is 0.416 e. The van der Waals surface area contributed by atoms with E-state index in [-0.39, 0.29) is 22.7 Å². The largest absolute Gasteiger partial charge is 0.482 e. The number of rotatable bonds is 3. The van der Waals surface area contributed by atoms with Crippen molar-refractivity contribution in [3.05, 3.63) is 52.5 Å². The number of nitrogens with zero attached hydrogens (tertiary/aromatic N) is 1. The van der Waals surface area contributed by atoms with Crippen LogP contribution in [-0.2, 0) is 21.2 Å². The zero-order valence-corrected chi connectivity index (χ0v) is 17.3. The minimum Gasteiger partial charge on any atom is -0.482 e. The minimum atomic E-state index is -4.58. The zero-order chi connectivity index (χ0) is 22.3. The van der Waals surface area contributed by atoms with E-state index < -0.39 is 30.1 Å². The first-order chi connectivity index (χ1) is 13.9. The van der Waals surface area contributed by atoms with E-state index >= 15 is 0 Å².